The molecular formula is C34H40O17. The molecule has 278 valence electrons. The molecule has 2 aromatic carbocycles. The summed E-state index contributed by atoms with van der Waals surface area (Å²) in [7, 11) is 2.71. The van der Waals surface area contributed by atoms with Crippen LogP contribution in [0.5, 0.6) is 28.7 Å². The fourth-order valence-electron chi connectivity index (χ4n) is 7.47. The third-order valence-electron chi connectivity index (χ3n) is 9.94. The molecule has 1 aliphatic carbocycles. The van der Waals surface area contributed by atoms with E-state index in [4.69, 9.17) is 57.2 Å². The van der Waals surface area contributed by atoms with Crippen molar-refractivity contribution in [3.05, 3.63) is 41.0 Å². The van der Waals surface area contributed by atoms with Crippen molar-refractivity contribution in [3.63, 3.8) is 0 Å². The third kappa shape index (κ3) is 6.42. The molecule has 0 radical (unpaired) electrons. The lowest BCUT2D eigenvalue weighted by molar-refractivity contribution is -0.360. The van der Waals surface area contributed by atoms with Crippen molar-refractivity contribution in [2.45, 2.75) is 61.9 Å². The summed E-state index contributed by atoms with van der Waals surface area (Å²) in [6.07, 6.45) is -7.79. The summed E-state index contributed by atoms with van der Waals surface area (Å²) in [5, 5.41) is 41.2. The van der Waals surface area contributed by atoms with Crippen LogP contribution in [0.15, 0.2) is 24.3 Å². The summed E-state index contributed by atoms with van der Waals surface area (Å²) in [6.45, 7) is 0.777. The molecule has 4 N–H and O–H groups in total. The van der Waals surface area contributed by atoms with Gasteiger partial charge in [-0.3, -0.25) is 4.79 Å². The topological polar surface area (TPSA) is 217 Å². The van der Waals surface area contributed by atoms with Gasteiger partial charge < -0.3 is 72.5 Å². The van der Waals surface area contributed by atoms with Crippen LogP contribution in [-0.4, -0.2) is 123 Å². The summed E-state index contributed by atoms with van der Waals surface area (Å²) in [5.41, 5.74) is 0.571. The number of aliphatic hydroxyl groups excluding tert-OH is 4. The third-order valence-corrected chi connectivity index (χ3v) is 9.94. The Balaban J connectivity index is 1.25. The van der Waals surface area contributed by atoms with Crippen LogP contribution in [0.4, 0.5) is 4.79 Å². The zero-order valence-electron chi connectivity index (χ0n) is 28.1. The lowest BCUT2D eigenvalue weighted by atomic mass is 9.66. The van der Waals surface area contributed by atoms with Crippen molar-refractivity contribution in [1.29, 1.82) is 0 Å². The molecule has 0 bridgehead atoms. The molecule has 7 rings (SSSR count). The zero-order valence-corrected chi connectivity index (χ0v) is 28.1. The zero-order chi connectivity index (χ0) is 36.0. The van der Waals surface area contributed by atoms with Crippen LogP contribution in [0, 0.1) is 11.8 Å². The molecule has 10 atom stereocenters. The standard InChI is InChI=1S/C34H40O17/c1-15-43-5-4-34(51-15)13-46-32(27(37)30(34)38)49-28-19-9-22-21(47-14-48-22)8-18(19)25(26-20(28)12-44-31(26)39)16-6-23(41-2)29(24(7-16)42-3)50-33(40)45-11-17(36)10-35/h6-9,15,17,20,25-28,30,32,35-38H,4-5,10-14H2,1-3H3/t15?,17?,20?,25-,26+,27?,28?,30?,32?,34?/m1/s1. The van der Waals surface area contributed by atoms with Gasteiger partial charge in [-0.05, 0) is 47.9 Å². The maximum atomic E-state index is 13.6. The monoisotopic (exact) mass is 720 g/mol. The van der Waals surface area contributed by atoms with E-state index in [2.05, 4.69) is 0 Å². The maximum Gasteiger partial charge on any atom is 0.514 e. The summed E-state index contributed by atoms with van der Waals surface area (Å²) in [5.74, 6) is -1.72. The Kier molecular flexibility index (Phi) is 9.90. The van der Waals surface area contributed by atoms with Gasteiger partial charge in [-0.25, -0.2) is 4.79 Å². The quantitative estimate of drug-likeness (QED) is 0.209. The Hall–Kier alpha value is -3.94. The van der Waals surface area contributed by atoms with E-state index in [-0.39, 0.29) is 37.3 Å². The number of aliphatic hydroxyl groups is 4. The number of rotatable bonds is 9. The minimum atomic E-state index is -1.50. The van der Waals surface area contributed by atoms with Crippen molar-refractivity contribution < 1.29 is 82.1 Å². The van der Waals surface area contributed by atoms with E-state index in [1.807, 2.05) is 0 Å². The van der Waals surface area contributed by atoms with Gasteiger partial charge in [0.25, 0.3) is 0 Å². The molecule has 4 heterocycles. The Morgan fingerprint density at radius 2 is 1.73 bits per heavy atom. The van der Waals surface area contributed by atoms with E-state index in [0.29, 0.717) is 41.2 Å². The average Bonchev–Trinajstić information content (AvgIpc) is 3.76. The minimum Gasteiger partial charge on any atom is -0.493 e. The van der Waals surface area contributed by atoms with Crippen LogP contribution in [-0.2, 0) is 33.2 Å². The van der Waals surface area contributed by atoms with Gasteiger partial charge in [0.2, 0.25) is 12.5 Å². The van der Waals surface area contributed by atoms with E-state index < -0.39 is 85.7 Å². The average molecular weight is 721 g/mol. The number of carbonyl (C=O) groups excluding carboxylic acids is 2. The molecule has 3 fully saturated rings. The van der Waals surface area contributed by atoms with Gasteiger partial charge in [0.15, 0.2) is 35.6 Å². The van der Waals surface area contributed by atoms with E-state index >= 15 is 0 Å². The molecule has 0 amide bonds. The summed E-state index contributed by atoms with van der Waals surface area (Å²) in [4.78, 5) is 26.1. The van der Waals surface area contributed by atoms with E-state index in [1.165, 1.54) is 14.2 Å². The highest BCUT2D eigenvalue weighted by Gasteiger charge is 2.57. The van der Waals surface area contributed by atoms with Crippen LogP contribution in [0.2, 0.25) is 0 Å². The van der Waals surface area contributed by atoms with Gasteiger partial charge in [-0.1, -0.05) is 0 Å². The molecule has 51 heavy (non-hydrogen) atoms. The van der Waals surface area contributed by atoms with E-state index in [0.717, 1.165) is 0 Å². The normalized spacial score (nSPS) is 32.8. The predicted molar refractivity (Wildman–Crippen MR) is 166 cm³/mol. The molecule has 17 heteroatoms. The number of cyclic esters (lactones) is 1. The largest absolute Gasteiger partial charge is 0.514 e. The first kappa shape index (κ1) is 35.5. The molecular weight excluding hydrogens is 680 g/mol. The lowest BCUT2D eigenvalue weighted by Gasteiger charge is -2.50. The molecule has 8 unspecified atom stereocenters. The Bertz CT molecular complexity index is 1610. The molecule has 17 nitrogen and oxygen atoms in total. The fraction of sp³-hybridized carbons (Fsp3) is 0.588. The maximum absolute atomic E-state index is 13.6. The highest BCUT2D eigenvalue weighted by atomic mass is 16.7. The summed E-state index contributed by atoms with van der Waals surface area (Å²) >= 11 is 0. The fourth-order valence-corrected chi connectivity index (χ4v) is 7.47. The second-order valence-electron chi connectivity index (χ2n) is 12.9. The van der Waals surface area contributed by atoms with Crippen molar-refractivity contribution in [1.82, 2.24) is 0 Å². The molecule has 2 aromatic rings. The first-order valence-corrected chi connectivity index (χ1v) is 16.5. The van der Waals surface area contributed by atoms with Gasteiger partial charge in [0.1, 0.15) is 30.5 Å². The molecule has 3 saturated heterocycles. The van der Waals surface area contributed by atoms with Crippen molar-refractivity contribution in [2.24, 2.45) is 11.8 Å². The lowest BCUT2D eigenvalue weighted by Crippen LogP contribution is -2.65. The van der Waals surface area contributed by atoms with Gasteiger partial charge in [0, 0.05) is 18.3 Å². The van der Waals surface area contributed by atoms with Crippen LogP contribution >= 0.6 is 0 Å². The Morgan fingerprint density at radius 3 is 2.39 bits per heavy atom. The number of hydrogen-bond donors (Lipinski definition) is 4. The number of fused-ring (bicyclic) bond motifs is 3. The first-order chi connectivity index (χ1) is 24.6. The number of hydrogen-bond acceptors (Lipinski definition) is 17. The SMILES string of the molecule is COc1cc([C@@H]2c3cc4c(cc3C(OC3OCC5(CCOC(C)O5)C(O)C3O)C3COC(=O)[C@@H]32)OCO4)cc(OC)c1OC(=O)OCC(O)CO. The molecule has 0 aromatic heterocycles. The van der Waals surface area contributed by atoms with Gasteiger partial charge in [-0.15, -0.1) is 0 Å². The van der Waals surface area contributed by atoms with Crippen molar-refractivity contribution in [3.8, 4) is 28.7 Å². The number of carbonyl (C=O) groups is 2. The van der Waals surface area contributed by atoms with Crippen LogP contribution < -0.4 is 23.7 Å². The molecule has 5 aliphatic rings. The van der Waals surface area contributed by atoms with Crippen molar-refractivity contribution in [2.75, 3.05) is 54.0 Å². The second kappa shape index (κ2) is 14.2. The Labute approximate surface area is 291 Å². The Morgan fingerprint density at radius 1 is 1.02 bits per heavy atom. The van der Waals surface area contributed by atoms with Crippen LogP contribution in [0.3, 0.4) is 0 Å². The van der Waals surface area contributed by atoms with Gasteiger partial charge >= 0.3 is 12.1 Å². The summed E-state index contributed by atoms with van der Waals surface area (Å²) < 4.78 is 62.4. The predicted octanol–water partition coefficient (Wildman–Crippen LogP) is 0.893. The van der Waals surface area contributed by atoms with E-state index in [9.17, 15) is 24.9 Å². The van der Waals surface area contributed by atoms with Crippen molar-refractivity contribution >= 4 is 12.1 Å². The smallest absolute Gasteiger partial charge is 0.493 e. The highest BCUT2D eigenvalue weighted by Crippen LogP contribution is 2.57. The highest BCUT2D eigenvalue weighted by molar-refractivity contribution is 5.79. The number of methoxy groups -OCH3 is 2. The van der Waals surface area contributed by atoms with Crippen LogP contribution in [0.25, 0.3) is 0 Å². The molecule has 4 aliphatic heterocycles. The minimum absolute atomic E-state index is 0.0210. The number of benzene rings is 2. The number of ether oxygens (including phenoxy) is 11. The molecule has 1 spiro atoms. The number of esters is 1. The first-order valence-electron chi connectivity index (χ1n) is 16.5. The second-order valence-corrected chi connectivity index (χ2v) is 12.9. The van der Waals surface area contributed by atoms with Gasteiger partial charge in [0.05, 0.1) is 52.7 Å². The summed E-state index contributed by atoms with van der Waals surface area (Å²) in [6, 6.07) is 6.70. The van der Waals surface area contributed by atoms with Crippen LogP contribution in [0.1, 0.15) is 42.1 Å². The van der Waals surface area contributed by atoms with Gasteiger partial charge in [-0.2, -0.15) is 0 Å². The van der Waals surface area contributed by atoms with E-state index in [1.54, 1.807) is 31.2 Å². The molecule has 0 saturated carbocycles.